The van der Waals surface area contributed by atoms with Crippen LogP contribution >= 0.6 is 0 Å². The van der Waals surface area contributed by atoms with Crippen molar-refractivity contribution in [2.45, 2.75) is 6.42 Å². The summed E-state index contributed by atoms with van der Waals surface area (Å²) < 4.78 is 20.5. The number of halogens is 1. The third-order valence-corrected chi connectivity index (χ3v) is 4.08. The predicted molar refractivity (Wildman–Crippen MR) is 83.5 cm³/mol. The van der Waals surface area contributed by atoms with Gasteiger partial charge in [0.25, 0.3) is 5.91 Å². The first-order valence-electron chi connectivity index (χ1n) is 7.73. The molecular weight excluding hydrogens is 297 g/mol. The molecule has 1 atom stereocenters. The van der Waals surface area contributed by atoms with Gasteiger partial charge in [-0.1, -0.05) is 12.1 Å². The second-order valence-corrected chi connectivity index (χ2v) is 5.87. The van der Waals surface area contributed by atoms with Crippen molar-refractivity contribution in [2.75, 3.05) is 26.3 Å². The van der Waals surface area contributed by atoms with E-state index < -0.39 is 0 Å². The lowest BCUT2D eigenvalue weighted by molar-refractivity contribution is 0.0726. The number of benzene rings is 1. The fourth-order valence-electron chi connectivity index (χ4n) is 2.93. The molecule has 0 spiro atoms. The van der Waals surface area contributed by atoms with Crippen molar-refractivity contribution in [1.29, 1.82) is 0 Å². The summed E-state index contributed by atoms with van der Waals surface area (Å²) in [4.78, 5) is 14.4. The maximum Gasteiger partial charge on any atom is 0.272 e. The van der Waals surface area contributed by atoms with E-state index in [-0.39, 0.29) is 17.6 Å². The van der Waals surface area contributed by atoms with E-state index >= 15 is 0 Å². The van der Waals surface area contributed by atoms with Crippen LogP contribution in [0.15, 0.2) is 36.5 Å². The molecule has 122 valence electrons. The minimum atomic E-state index is -0.236. The highest BCUT2D eigenvalue weighted by Gasteiger charge is 2.25. The summed E-state index contributed by atoms with van der Waals surface area (Å²) in [5, 5.41) is 4.05. The lowest BCUT2D eigenvalue weighted by atomic mass is 9.99. The van der Waals surface area contributed by atoms with Gasteiger partial charge in [-0.2, -0.15) is 5.10 Å². The van der Waals surface area contributed by atoms with Crippen LogP contribution in [0.3, 0.4) is 0 Å². The van der Waals surface area contributed by atoms with Crippen molar-refractivity contribution in [3.63, 3.8) is 0 Å². The molecule has 1 amide bonds. The summed E-state index contributed by atoms with van der Waals surface area (Å²) in [5.74, 6) is -0.129. The van der Waals surface area contributed by atoms with Gasteiger partial charge in [0.05, 0.1) is 13.2 Å². The Bertz CT molecular complexity index is 686. The Morgan fingerprint density at radius 1 is 1.43 bits per heavy atom. The SMILES string of the molecule is Cn1nccc1C(=O)N1CCOC[C@@H](Cc2cccc(F)c2)C1. The minimum absolute atomic E-state index is 0.0419. The highest BCUT2D eigenvalue weighted by atomic mass is 19.1. The molecule has 0 radical (unpaired) electrons. The highest BCUT2D eigenvalue weighted by molar-refractivity contribution is 5.92. The van der Waals surface area contributed by atoms with Gasteiger partial charge in [0.15, 0.2) is 0 Å². The molecule has 1 saturated heterocycles. The molecule has 1 aliphatic heterocycles. The van der Waals surface area contributed by atoms with Crippen LogP contribution in [0.5, 0.6) is 0 Å². The van der Waals surface area contributed by atoms with E-state index in [0.29, 0.717) is 38.4 Å². The van der Waals surface area contributed by atoms with Crippen molar-refractivity contribution in [2.24, 2.45) is 13.0 Å². The number of ether oxygens (including phenoxy) is 1. The molecule has 0 aliphatic carbocycles. The first-order chi connectivity index (χ1) is 11.1. The summed E-state index contributed by atoms with van der Waals surface area (Å²) in [6.07, 6.45) is 2.30. The molecule has 0 unspecified atom stereocenters. The van der Waals surface area contributed by atoms with Gasteiger partial charge >= 0.3 is 0 Å². The van der Waals surface area contributed by atoms with E-state index in [1.807, 2.05) is 6.07 Å². The summed E-state index contributed by atoms with van der Waals surface area (Å²) in [5.41, 5.74) is 1.49. The van der Waals surface area contributed by atoms with Crippen molar-refractivity contribution >= 4 is 5.91 Å². The number of aromatic nitrogens is 2. The lowest BCUT2D eigenvalue weighted by Gasteiger charge is -2.23. The normalized spacial score (nSPS) is 18.7. The molecule has 3 rings (SSSR count). The molecule has 5 nitrogen and oxygen atoms in total. The minimum Gasteiger partial charge on any atom is -0.379 e. The number of rotatable bonds is 3. The zero-order valence-electron chi connectivity index (χ0n) is 13.1. The van der Waals surface area contributed by atoms with Gasteiger partial charge in [0, 0.05) is 32.3 Å². The van der Waals surface area contributed by atoms with Gasteiger partial charge in [-0.05, 0) is 30.2 Å². The standard InChI is InChI=1S/C17H20FN3O2/c1-20-16(5-6-19-20)17(22)21-7-8-23-12-14(11-21)9-13-3-2-4-15(18)10-13/h2-6,10,14H,7-9,11-12H2,1H3/t14-/m0/s1. The molecule has 2 heterocycles. The Morgan fingerprint density at radius 3 is 3.04 bits per heavy atom. The van der Waals surface area contributed by atoms with Gasteiger partial charge in [-0.25, -0.2) is 4.39 Å². The first kappa shape index (κ1) is 15.7. The van der Waals surface area contributed by atoms with E-state index in [1.165, 1.54) is 12.1 Å². The zero-order chi connectivity index (χ0) is 16.2. The van der Waals surface area contributed by atoms with Crippen LogP contribution in [-0.2, 0) is 18.2 Å². The van der Waals surface area contributed by atoms with E-state index in [2.05, 4.69) is 5.10 Å². The van der Waals surface area contributed by atoms with Gasteiger partial charge in [0.2, 0.25) is 0 Å². The third kappa shape index (κ3) is 3.76. The Labute approximate surface area is 134 Å². The summed E-state index contributed by atoms with van der Waals surface area (Å²) in [6.45, 7) is 2.25. The second-order valence-electron chi connectivity index (χ2n) is 5.87. The molecule has 23 heavy (non-hydrogen) atoms. The fourth-order valence-corrected chi connectivity index (χ4v) is 2.93. The molecule has 6 heteroatoms. The van der Waals surface area contributed by atoms with Crippen molar-refractivity contribution in [3.8, 4) is 0 Å². The number of hydrogen-bond donors (Lipinski definition) is 0. The van der Waals surface area contributed by atoms with Gasteiger partial charge in [-0.15, -0.1) is 0 Å². The van der Waals surface area contributed by atoms with Crippen molar-refractivity contribution < 1.29 is 13.9 Å². The summed E-state index contributed by atoms with van der Waals surface area (Å²) in [7, 11) is 1.76. The molecule has 1 aliphatic rings. The monoisotopic (exact) mass is 317 g/mol. The third-order valence-electron chi connectivity index (χ3n) is 4.08. The Morgan fingerprint density at radius 2 is 2.30 bits per heavy atom. The maximum atomic E-state index is 13.3. The van der Waals surface area contributed by atoms with Crippen molar-refractivity contribution in [3.05, 3.63) is 53.6 Å². The molecular formula is C17H20FN3O2. The molecule has 1 aromatic heterocycles. The number of hydrogen-bond acceptors (Lipinski definition) is 3. The Balaban J connectivity index is 1.71. The lowest BCUT2D eigenvalue weighted by Crippen LogP contribution is -2.37. The number of carbonyl (C=O) groups is 1. The fraction of sp³-hybridized carbons (Fsp3) is 0.412. The van der Waals surface area contributed by atoms with Gasteiger partial charge in [0.1, 0.15) is 11.5 Å². The zero-order valence-corrected chi connectivity index (χ0v) is 13.1. The van der Waals surface area contributed by atoms with Crippen molar-refractivity contribution in [1.82, 2.24) is 14.7 Å². The molecule has 0 bridgehead atoms. The molecule has 1 fully saturated rings. The number of aryl methyl sites for hydroxylation is 1. The van der Waals surface area contributed by atoms with E-state index in [4.69, 9.17) is 4.74 Å². The Kier molecular flexibility index (Phi) is 4.71. The smallest absolute Gasteiger partial charge is 0.272 e. The highest BCUT2D eigenvalue weighted by Crippen LogP contribution is 2.16. The largest absolute Gasteiger partial charge is 0.379 e. The first-order valence-corrected chi connectivity index (χ1v) is 7.73. The van der Waals surface area contributed by atoms with Crippen LogP contribution in [0.25, 0.3) is 0 Å². The number of nitrogens with zero attached hydrogens (tertiary/aromatic N) is 3. The van der Waals surface area contributed by atoms with Crippen LogP contribution in [0.1, 0.15) is 16.1 Å². The maximum absolute atomic E-state index is 13.3. The quantitative estimate of drug-likeness (QED) is 0.868. The van der Waals surface area contributed by atoms with Crippen LogP contribution in [0, 0.1) is 11.7 Å². The number of amides is 1. The second kappa shape index (κ2) is 6.91. The van der Waals surface area contributed by atoms with Crippen LogP contribution in [0.4, 0.5) is 4.39 Å². The van der Waals surface area contributed by atoms with E-state index in [9.17, 15) is 9.18 Å². The van der Waals surface area contributed by atoms with Crippen LogP contribution in [0.2, 0.25) is 0 Å². The average molecular weight is 317 g/mol. The summed E-state index contributed by atoms with van der Waals surface area (Å²) >= 11 is 0. The topological polar surface area (TPSA) is 47.4 Å². The van der Waals surface area contributed by atoms with E-state index in [0.717, 1.165) is 5.56 Å². The molecule has 0 N–H and O–H groups in total. The van der Waals surface area contributed by atoms with Crippen LogP contribution < -0.4 is 0 Å². The summed E-state index contributed by atoms with van der Waals surface area (Å²) in [6, 6.07) is 8.31. The number of carbonyl (C=O) groups excluding carboxylic acids is 1. The molecule has 1 aromatic carbocycles. The molecule has 0 saturated carbocycles. The molecule has 2 aromatic rings. The van der Waals surface area contributed by atoms with E-state index in [1.54, 1.807) is 35.0 Å². The van der Waals surface area contributed by atoms with Gasteiger partial charge in [-0.3, -0.25) is 9.48 Å². The van der Waals surface area contributed by atoms with Gasteiger partial charge < -0.3 is 9.64 Å². The average Bonchev–Trinajstić information content (AvgIpc) is 2.81. The Hall–Kier alpha value is -2.21. The van der Waals surface area contributed by atoms with Crippen LogP contribution in [-0.4, -0.2) is 46.9 Å². The predicted octanol–water partition coefficient (Wildman–Crippen LogP) is 1.89.